The first-order valence-electron chi connectivity index (χ1n) is 5.31. The SMILES string of the molecule is CC(C)(N)CNC(=O)CSc1ccccc1Cl.Cl. The predicted molar refractivity (Wildman–Crippen MR) is 80.7 cm³/mol. The summed E-state index contributed by atoms with van der Waals surface area (Å²) in [7, 11) is 0. The monoisotopic (exact) mass is 308 g/mol. The fourth-order valence-corrected chi connectivity index (χ4v) is 2.15. The van der Waals surface area contributed by atoms with Crippen molar-refractivity contribution in [1.29, 1.82) is 0 Å². The molecule has 0 aliphatic carbocycles. The minimum atomic E-state index is -0.384. The van der Waals surface area contributed by atoms with Crippen LogP contribution in [0.1, 0.15) is 13.8 Å². The molecule has 0 heterocycles. The number of amides is 1. The summed E-state index contributed by atoms with van der Waals surface area (Å²) in [5.41, 5.74) is 5.39. The molecule has 3 nitrogen and oxygen atoms in total. The van der Waals surface area contributed by atoms with Crippen LogP contribution in [-0.2, 0) is 4.79 Å². The molecule has 0 spiro atoms. The van der Waals surface area contributed by atoms with Crippen LogP contribution in [0.2, 0.25) is 5.02 Å². The molecule has 1 amide bonds. The predicted octanol–water partition coefficient (Wildman–Crippen LogP) is 2.71. The lowest BCUT2D eigenvalue weighted by molar-refractivity contribution is -0.118. The quantitative estimate of drug-likeness (QED) is 0.822. The zero-order valence-electron chi connectivity index (χ0n) is 10.4. The fourth-order valence-electron chi connectivity index (χ4n) is 1.08. The molecule has 0 radical (unpaired) electrons. The second-order valence-electron chi connectivity index (χ2n) is 4.48. The maximum Gasteiger partial charge on any atom is 0.230 e. The van der Waals surface area contributed by atoms with Gasteiger partial charge < -0.3 is 11.1 Å². The summed E-state index contributed by atoms with van der Waals surface area (Å²) in [4.78, 5) is 12.5. The van der Waals surface area contributed by atoms with Gasteiger partial charge in [0.25, 0.3) is 0 Å². The van der Waals surface area contributed by atoms with Gasteiger partial charge in [0.05, 0.1) is 10.8 Å². The van der Waals surface area contributed by atoms with E-state index in [9.17, 15) is 4.79 Å². The first kappa shape index (κ1) is 17.6. The molecule has 0 fully saturated rings. The van der Waals surface area contributed by atoms with Crippen LogP contribution >= 0.6 is 35.8 Å². The summed E-state index contributed by atoms with van der Waals surface area (Å²) < 4.78 is 0. The van der Waals surface area contributed by atoms with E-state index in [4.69, 9.17) is 17.3 Å². The first-order chi connectivity index (χ1) is 7.88. The Morgan fingerprint density at radius 1 is 1.44 bits per heavy atom. The number of thioether (sulfide) groups is 1. The van der Waals surface area contributed by atoms with E-state index in [0.717, 1.165) is 4.90 Å². The average Bonchev–Trinajstić information content (AvgIpc) is 2.24. The van der Waals surface area contributed by atoms with Gasteiger partial charge in [0, 0.05) is 17.0 Å². The molecule has 0 atom stereocenters. The second kappa shape index (κ2) is 7.89. The summed E-state index contributed by atoms with van der Waals surface area (Å²) in [5, 5.41) is 3.46. The van der Waals surface area contributed by atoms with Crippen molar-refractivity contribution in [3.8, 4) is 0 Å². The summed E-state index contributed by atoms with van der Waals surface area (Å²) in [6, 6.07) is 7.47. The highest BCUT2D eigenvalue weighted by atomic mass is 35.5. The molecule has 6 heteroatoms. The molecule has 0 aliphatic heterocycles. The Morgan fingerprint density at radius 3 is 2.61 bits per heavy atom. The molecule has 1 aromatic carbocycles. The van der Waals surface area contributed by atoms with Crippen molar-refractivity contribution in [2.24, 2.45) is 5.73 Å². The molecule has 1 rings (SSSR count). The van der Waals surface area contributed by atoms with E-state index < -0.39 is 0 Å². The van der Waals surface area contributed by atoms with Crippen LogP contribution in [-0.4, -0.2) is 23.7 Å². The van der Waals surface area contributed by atoms with E-state index in [1.807, 2.05) is 38.1 Å². The van der Waals surface area contributed by atoms with Gasteiger partial charge in [-0.3, -0.25) is 4.79 Å². The van der Waals surface area contributed by atoms with Gasteiger partial charge in [-0.2, -0.15) is 0 Å². The normalized spacial score (nSPS) is 10.7. The third-order valence-electron chi connectivity index (χ3n) is 1.94. The van der Waals surface area contributed by atoms with Gasteiger partial charge >= 0.3 is 0 Å². The maximum atomic E-state index is 11.5. The van der Waals surface area contributed by atoms with Gasteiger partial charge in [-0.15, -0.1) is 24.2 Å². The smallest absolute Gasteiger partial charge is 0.230 e. The van der Waals surface area contributed by atoms with Crippen LogP contribution in [0.3, 0.4) is 0 Å². The molecule has 1 aromatic rings. The molecule has 0 unspecified atom stereocenters. The molecular weight excluding hydrogens is 291 g/mol. The van der Waals surface area contributed by atoms with Gasteiger partial charge in [-0.05, 0) is 26.0 Å². The van der Waals surface area contributed by atoms with E-state index in [0.29, 0.717) is 17.3 Å². The van der Waals surface area contributed by atoms with Gasteiger partial charge in [0.2, 0.25) is 5.91 Å². The van der Waals surface area contributed by atoms with Crippen LogP contribution in [0.5, 0.6) is 0 Å². The molecule has 0 aliphatic rings. The van der Waals surface area contributed by atoms with Gasteiger partial charge in [-0.25, -0.2) is 0 Å². The topological polar surface area (TPSA) is 55.1 Å². The van der Waals surface area contributed by atoms with E-state index in [1.165, 1.54) is 11.8 Å². The van der Waals surface area contributed by atoms with Crippen molar-refractivity contribution < 1.29 is 4.79 Å². The van der Waals surface area contributed by atoms with Crippen LogP contribution in [0.25, 0.3) is 0 Å². The number of benzene rings is 1. The minimum Gasteiger partial charge on any atom is -0.354 e. The lowest BCUT2D eigenvalue weighted by Gasteiger charge is -2.18. The molecule has 0 saturated carbocycles. The molecular formula is C12H18Cl2N2OS. The van der Waals surface area contributed by atoms with E-state index in [1.54, 1.807) is 0 Å². The number of nitrogens with two attached hydrogens (primary N) is 1. The molecule has 0 bridgehead atoms. The van der Waals surface area contributed by atoms with Crippen LogP contribution in [0, 0.1) is 0 Å². The van der Waals surface area contributed by atoms with Crippen molar-refractivity contribution >= 4 is 41.7 Å². The number of rotatable bonds is 5. The number of nitrogens with one attached hydrogen (secondary N) is 1. The third kappa shape index (κ3) is 7.11. The van der Waals surface area contributed by atoms with Crippen LogP contribution < -0.4 is 11.1 Å². The van der Waals surface area contributed by atoms with Crippen molar-refractivity contribution in [3.63, 3.8) is 0 Å². The van der Waals surface area contributed by atoms with Crippen molar-refractivity contribution in [2.45, 2.75) is 24.3 Å². The number of hydrogen-bond acceptors (Lipinski definition) is 3. The van der Waals surface area contributed by atoms with Crippen molar-refractivity contribution in [1.82, 2.24) is 5.32 Å². The Labute approximate surface area is 123 Å². The Balaban J connectivity index is 0.00000289. The summed E-state index contributed by atoms with van der Waals surface area (Å²) in [5.74, 6) is 0.313. The van der Waals surface area contributed by atoms with E-state index in [-0.39, 0.29) is 23.9 Å². The highest BCUT2D eigenvalue weighted by molar-refractivity contribution is 8.00. The van der Waals surface area contributed by atoms with Crippen LogP contribution in [0.4, 0.5) is 0 Å². The zero-order valence-corrected chi connectivity index (χ0v) is 12.8. The number of halogens is 2. The van der Waals surface area contributed by atoms with Gasteiger partial charge in [-0.1, -0.05) is 23.7 Å². The molecule has 0 aromatic heterocycles. The second-order valence-corrected chi connectivity index (χ2v) is 5.91. The van der Waals surface area contributed by atoms with E-state index >= 15 is 0 Å². The lowest BCUT2D eigenvalue weighted by Crippen LogP contribution is -2.45. The lowest BCUT2D eigenvalue weighted by atomic mass is 10.1. The standard InChI is InChI=1S/C12H17ClN2OS.ClH/c1-12(2,14)8-15-11(16)7-17-10-6-4-3-5-9(10)13;/h3-6H,7-8,14H2,1-2H3,(H,15,16);1H. The largest absolute Gasteiger partial charge is 0.354 e. The summed E-state index contributed by atoms with van der Waals surface area (Å²) in [6.45, 7) is 4.21. The fraction of sp³-hybridized carbons (Fsp3) is 0.417. The average molecular weight is 309 g/mol. The first-order valence-corrected chi connectivity index (χ1v) is 6.68. The maximum absolute atomic E-state index is 11.5. The van der Waals surface area contributed by atoms with Crippen LogP contribution in [0.15, 0.2) is 29.2 Å². The van der Waals surface area contributed by atoms with Gasteiger partial charge in [0.1, 0.15) is 0 Å². The van der Waals surface area contributed by atoms with Crippen molar-refractivity contribution in [2.75, 3.05) is 12.3 Å². The molecule has 0 saturated heterocycles. The molecule has 18 heavy (non-hydrogen) atoms. The van der Waals surface area contributed by atoms with Crippen molar-refractivity contribution in [3.05, 3.63) is 29.3 Å². The highest BCUT2D eigenvalue weighted by Gasteiger charge is 2.12. The van der Waals surface area contributed by atoms with Gasteiger partial charge in [0.15, 0.2) is 0 Å². The number of carbonyl (C=O) groups excluding carboxylic acids is 1. The molecule has 3 N–H and O–H groups in total. The minimum absolute atomic E-state index is 0. The summed E-state index contributed by atoms with van der Waals surface area (Å²) in [6.07, 6.45) is 0. The Bertz CT molecular complexity index is 394. The third-order valence-corrected chi connectivity index (χ3v) is 3.45. The highest BCUT2D eigenvalue weighted by Crippen LogP contribution is 2.26. The summed E-state index contributed by atoms with van der Waals surface area (Å²) >= 11 is 7.41. The number of hydrogen-bond donors (Lipinski definition) is 2. The molecule has 102 valence electrons. The Kier molecular flexibility index (Phi) is 7.71. The zero-order chi connectivity index (χ0) is 12.9. The Hall–Kier alpha value is -0.420. The number of carbonyl (C=O) groups is 1. The Morgan fingerprint density at radius 2 is 2.06 bits per heavy atom. The van der Waals surface area contributed by atoms with E-state index in [2.05, 4.69) is 5.32 Å².